The zero-order valence-corrected chi connectivity index (χ0v) is 12.3. The molecule has 1 aromatic carbocycles. The van der Waals surface area contributed by atoms with Crippen LogP contribution in [0.15, 0.2) is 28.9 Å². The molecule has 0 saturated carbocycles. The maximum absolute atomic E-state index is 11.9. The Morgan fingerprint density at radius 2 is 2.05 bits per heavy atom. The van der Waals surface area contributed by atoms with E-state index in [1.165, 1.54) is 6.26 Å². The average molecular weight is 290 g/mol. The fourth-order valence-corrected chi connectivity index (χ4v) is 1.92. The predicted octanol–water partition coefficient (Wildman–Crippen LogP) is 1.86. The normalized spacial score (nSPS) is 10.2. The Morgan fingerprint density at radius 3 is 2.67 bits per heavy atom. The van der Waals surface area contributed by atoms with Crippen molar-refractivity contribution < 1.29 is 18.7 Å². The molecular weight excluding hydrogens is 272 g/mol. The number of rotatable bonds is 6. The minimum atomic E-state index is -0.0946. The molecule has 1 heterocycles. The largest absolute Gasteiger partial charge is 0.493 e. The lowest BCUT2D eigenvalue weighted by Crippen LogP contribution is -2.24. The highest BCUT2D eigenvalue weighted by Crippen LogP contribution is 2.27. The van der Waals surface area contributed by atoms with E-state index >= 15 is 0 Å². The van der Waals surface area contributed by atoms with Gasteiger partial charge >= 0.3 is 0 Å². The van der Waals surface area contributed by atoms with Crippen LogP contribution in [0.3, 0.4) is 0 Å². The number of carbonyl (C=O) groups excluding carboxylic acids is 1. The van der Waals surface area contributed by atoms with Crippen LogP contribution in [0.4, 0.5) is 0 Å². The molecule has 0 fully saturated rings. The average Bonchev–Trinajstić information content (AvgIpc) is 2.90. The minimum absolute atomic E-state index is 0.0946. The van der Waals surface area contributed by atoms with Crippen molar-refractivity contribution in [2.45, 2.75) is 19.9 Å². The lowest BCUT2D eigenvalue weighted by molar-refractivity contribution is -0.120. The van der Waals surface area contributed by atoms with Crippen molar-refractivity contribution in [3.63, 3.8) is 0 Å². The van der Waals surface area contributed by atoms with E-state index < -0.39 is 0 Å². The van der Waals surface area contributed by atoms with Gasteiger partial charge in [0.1, 0.15) is 6.26 Å². The number of carbonyl (C=O) groups is 1. The number of amides is 1. The van der Waals surface area contributed by atoms with Crippen LogP contribution in [0.5, 0.6) is 11.5 Å². The standard InChI is InChI=1S/C15H18N2O4/c1-10-17-12(9-21-10)8-16-15(18)7-11-4-5-13(19-2)14(6-11)20-3/h4-6,9H,7-8H2,1-3H3,(H,16,18). The second-order valence-electron chi connectivity index (χ2n) is 4.50. The Hall–Kier alpha value is -2.50. The monoisotopic (exact) mass is 290 g/mol. The van der Waals surface area contributed by atoms with Crippen molar-refractivity contribution in [1.82, 2.24) is 10.3 Å². The predicted molar refractivity (Wildman–Crippen MR) is 76.3 cm³/mol. The molecule has 6 nitrogen and oxygen atoms in total. The van der Waals surface area contributed by atoms with E-state index in [1.807, 2.05) is 6.07 Å². The van der Waals surface area contributed by atoms with Gasteiger partial charge in [-0.2, -0.15) is 0 Å². The lowest BCUT2D eigenvalue weighted by Gasteiger charge is -2.09. The summed E-state index contributed by atoms with van der Waals surface area (Å²) in [6.07, 6.45) is 1.79. The molecule has 1 aromatic heterocycles. The zero-order valence-electron chi connectivity index (χ0n) is 12.3. The smallest absolute Gasteiger partial charge is 0.224 e. The highest BCUT2D eigenvalue weighted by Gasteiger charge is 2.09. The van der Waals surface area contributed by atoms with E-state index in [2.05, 4.69) is 10.3 Å². The number of aryl methyl sites for hydroxylation is 1. The van der Waals surface area contributed by atoms with Crippen LogP contribution in [-0.4, -0.2) is 25.1 Å². The first-order valence-electron chi connectivity index (χ1n) is 6.51. The van der Waals surface area contributed by atoms with E-state index in [0.717, 1.165) is 5.56 Å². The number of benzene rings is 1. The first-order chi connectivity index (χ1) is 10.1. The molecule has 0 saturated heterocycles. The molecule has 21 heavy (non-hydrogen) atoms. The van der Waals surface area contributed by atoms with Crippen LogP contribution in [0.2, 0.25) is 0 Å². The zero-order chi connectivity index (χ0) is 15.2. The number of ether oxygens (including phenoxy) is 2. The van der Waals surface area contributed by atoms with Crippen LogP contribution >= 0.6 is 0 Å². The number of hydrogen-bond acceptors (Lipinski definition) is 5. The number of nitrogens with zero attached hydrogens (tertiary/aromatic N) is 1. The van der Waals surface area contributed by atoms with Gasteiger partial charge in [-0.15, -0.1) is 0 Å². The van der Waals surface area contributed by atoms with E-state index in [4.69, 9.17) is 13.9 Å². The highest BCUT2D eigenvalue weighted by molar-refractivity contribution is 5.78. The number of oxazole rings is 1. The molecule has 0 unspecified atom stereocenters. The molecule has 0 bridgehead atoms. The maximum atomic E-state index is 11.9. The van der Waals surface area contributed by atoms with Gasteiger partial charge in [-0.25, -0.2) is 4.98 Å². The Balaban J connectivity index is 1.93. The van der Waals surface area contributed by atoms with Gasteiger partial charge in [-0.05, 0) is 17.7 Å². The molecule has 2 aromatic rings. The first kappa shape index (κ1) is 14.9. The number of aromatic nitrogens is 1. The molecule has 0 aliphatic carbocycles. The van der Waals surface area contributed by atoms with Crippen LogP contribution in [0, 0.1) is 6.92 Å². The molecular formula is C15H18N2O4. The molecule has 6 heteroatoms. The summed E-state index contributed by atoms with van der Waals surface area (Å²) in [6, 6.07) is 5.41. The third-order valence-corrected chi connectivity index (χ3v) is 2.95. The second-order valence-corrected chi connectivity index (χ2v) is 4.50. The SMILES string of the molecule is COc1ccc(CC(=O)NCc2coc(C)n2)cc1OC. The Bertz CT molecular complexity index is 622. The van der Waals surface area contributed by atoms with Gasteiger partial charge in [0, 0.05) is 6.92 Å². The third-order valence-electron chi connectivity index (χ3n) is 2.95. The molecule has 0 aliphatic heterocycles. The molecule has 1 N–H and O–H groups in total. The summed E-state index contributed by atoms with van der Waals surface area (Å²) in [7, 11) is 3.14. The van der Waals surface area contributed by atoms with Gasteiger partial charge < -0.3 is 19.2 Å². The summed E-state index contributed by atoms with van der Waals surface area (Å²) in [4.78, 5) is 16.0. The number of hydrogen-bond donors (Lipinski definition) is 1. The Labute approximate surface area is 123 Å². The number of methoxy groups -OCH3 is 2. The van der Waals surface area contributed by atoms with Gasteiger partial charge in [0.2, 0.25) is 5.91 Å². The van der Waals surface area contributed by atoms with Crippen LogP contribution in [-0.2, 0) is 17.8 Å². The first-order valence-corrected chi connectivity index (χ1v) is 6.51. The molecule has 0 spiro atoms. The van der Waals surface area contributed by atoms with Gasteiger partial charge in [0.25, 0.3) is 0 Å². The van der Waals surface area contributed by atoms with Gasteiger partial charge in [-0.1, -0.05) is 6.07 Å². The van der Waals surface area contributed by atoms with Crippen molar-refractivity contribution in [2.24, 2.45) is 0 Å². The van der Waals surface area contributed by atoms with Crippen LogP contribution in [0.25, 0.3) is 0 Å². The fourth-order valence-electron chi connectivity index (χ4n) is 1.92. The van der Waals surface area contributed by atoms with Crippen LogP contribution < -0.4 is 14.8 Å². The van der Waals surface area contributed by atoms with E-state index in [-0.39, 0.29) is 12.3 Å². The summed E-state index contributed by atoms with van der Waals surface area (Å²) in [6.45, 7) is 2.11. The molecule has 0 atom stereocenters. The van der Waals surface area contributed by atoms with Gasteiger partial charge in [0.05, 0.1) is 32.9 Å². The van der Waals surface area contributed by atoms with Crippen molar-refractivity contribution in [2.75, 3.05) is 14.2 Å². The Morgan fingerprint density at radius 1 is 1.29 bits per heavy atom. The van der Waals surface area contributed by atoms with Gasteiger partial charge in [0.15, 0.2) is 17.4 Å². The highest BCUT2D eigenvalue weighted by atomic mass is 16.5. The molecule has 112 valence electrons. The third kappa shape index (κ3) is 3.98. The summed E-state index contributed by atoms with van der Waals surface area (Å²) in [5.74, 6) is 1.73. The van der Waals surface area contributed by atoms with E-state index in [1.54, 1.807) is 33.3 Å². The summed E-state index contributed by atoms with van der Waals surface area (Å²) in [5, 5.41) is 2.79. The van der Waals surface area contributed by atoms with Crippen molar-refractivity contribution >= 4 is 5.91 Å². The van der Waals surface area contributed by atoms with Crippen molar-refractivity contribution in [1.29, 1.82) is 0 Å². The molecule has 0 aliphatic rings. The molecule has 2 rings (SSSR count). The van der Waals surface area contributed by atoms with E-state index in [9.17, 15) is 4.79 Å². The molecule has 1 amide bonds. The summed E-state index contributed by atoms with van der Waals surface area (Å²) < 4.78 is 15.4. The van der Waals surface area contributed by atoms with Crippen molar-refractivity contribution in [3.8, 4) is 11.5 Å². The van der Waals surface area contributed by atoms with Crippen LogP contribution in [0.1, 0.15) is 17.1 Å². The van der Waals surface area contributed by atoms with Gasteiger partial charge in [-0.3, -0.25) is 4.79 Å². The summed E-state index contributed by atoms with van der Waals surface area (Å²) >= 11 is 0. The van der Waals surface area contributed by atoms with Crippen molar-refractivity contribution in [3.05, 3.63) is 41.6 Å². The molecule has 0 radical (unpaired) electrons. The topological polar surface area (TPSA) is 73.6 Å². The summed E-state index contributed by atoms with van der Waals surface area (Å²) in [5.41, 5.74) is 1.55. The maximum Gasteiger partial charge on any atom is 0.224 e. The second kappa shape index (κ2) is 6.78. The fraction of sp³-hybridized carbons (Fsp3) is 0.333. The van der Waals surface area contributed by atoms with E-state index in [0.29, 0.717) is 29.6 Å². The quantitative estimate of drug-likeness (QED) is 0.879. The lowest BCUT2D eigenvalue weighted by atomic mass is 10.1. The number of nitrogens with one attached hydrogen (secondary N) is 1. The minimum Gasteiger partial charge on any atom is -0.493 e. The Kier molecular flexibility index (Phi) is 4.81.